The summed E-state index contributed by atoms with van der Waals surface area (Å²) in [6.45, 7) is 2.13. The first kappa shape index (κ1) is 9.83. The second-order valence-corrected chi connectivity index (χ2v) is 3.32. The van der Waals surface area contributed by atoms with Gasteiger partial charge in [0, 0.05) is 13.1 Å². The van der Waals surface area contributed by atoms with E-state index >= 15 is 0 Å². The molecule has 0 aliphatic heterocycles. The second kappa shape index (κ2) is 4.11. The maximum atomic E-state index is 11.1. The highest BCUT2D eigenvalue weighted by Gasteiger charge is 2.33. The molecule has 0 aromatic carbocycles. The third-order valence-corrected chi connectivity index (χ3v) is 2.09. The SMILES string of the molecule is CNC(=O)NCC(=O)N[C@@H]1C[C@H]1C. The van der Waals surface area contributed by atoms with Gasteiger partial charge < -0.3 is 16.0 Å². The van der Waals surface area contributed by atoms with E-state index in [-0.39, 0.29) is 18.5 Å². The minimum atomic E-state index is -0.334. The van der Waals surface area contributed by atoms with E-state index in [2.05, 4.69) is 22.9 Å². The summed E-state index contributed by atoms with van der Waals surface area (Å²) in [6, 6.07) is -0.0158. The third kappa shape index (κ3) is 3.31. The Kier molecular flexibility index (Phi) is 3.11. The van der Waals surface area contributed by atoms with Gasteiger partial charge in [-0.1, -0.05) is 6.92 Å². The number of hydrogen-bond acceptors (Lipinski definition) is 2. The molecule has 74 valence electrons. The van der Waals surface area contributed by atoms with Crippen LogP contribution < -0.4 is 16.0 Å². The molecule has 3 N–H and O–H groups in total. The number of carbonyl (C=O) groups excluding carboxylic acids is 2. The van der Waals surface area contributed by atoms with Gasteiger partial charge in [0.15, 0.2) is 0 Å². The lowest BCUT2D eigenvalue weighted by molar-refractivity contribution is -0.120. The fourth-order valence-corrected chi connectivity index (χ4v) is 1.03. The van der Waals surface area contributed by atoms with Crippen molar-refractivity contribution in [2.75, 3.05) is 13.6 Å². The van der Waals surface area contributed by atoms with Crippen LogP contribution in [0.5, 0.6) is 0 Å². The number of amides is 3. The van der Waals surface area contributed by atoms with Gasteiger partial charge in [-0.3, -0.25) is 4.79 Å². The third-order valence-electron chi connectivity index (χ3n) is 2.09. The highest BCUT2D eigenvalue weighted by atomic mass is 16.2. The topological polar surface area (TPSA) is 70.2 Å². The first-order chi connectivity index (χ1) is 6.13. The molecule has 2 atom stereocenters. The molecule has 0 heterocycles. The van der Waals surface area contributed by atoms with Crippen molar-refractivity contribution < 1.29 is 9.59 Å². The molecular formula is C8H15N3O2. The van der Waals surface area contributed by atoms with Crippen LogP contribution in [0.2, 0.25) is 0 Å². The quantitative estimate of drug-likeness (QED) is 0.551. The Balaban J connectivity index is 2.07. The van der Waals surface area contributed by atoms with Crippen LogP contribution in [-0.2, 0) is 4.79 Å². The second-order valence-electron chi connectivity index (χ2n) is 3.32. The van der Waals surface area contributed by atoms with Crippen LogP contribution in [0.25, 0.3) is 0 Å². The van der Waals surface area contributed by atoms with E-state index < -0.39 is 0 Å². The van der Waals surface area contributed by atoms with E-state index in [9.17, 15) is 9.59 Å². The van der Waals surface area contributed by atoms with Crippen molar-refractivity contribution in [3.63, 3.8) is 0 Å². The van der Waals surface area contributed by atoms with Crippen LogP contribution in [-0.4, -0.2) is 31.6 Å². The monoisotopic (exact) mass is 185 g/mol. The number of nitrogens with one attached hydrogen (secondary N) is 3. The Morgan fingerprint density at radius 3 is 2.54 bits per heavy atom. The van der Waals surface area contributed by atoms with Crippen LogP contribution in [0.15, 0.2) is 0 Å². The Hall–Kier alpha value is -1.26. The summed E-state index contributed by atoms with van der Waals surface area (Å²) in [5, 5.41) is 7.59. The van der Waals surface area contributed by atoms with Gasteiger partial charge in [-0.15, -0.1) is 0 Å². The zero-order valence-electron chi connectivity index (χ0n) is 7.89. The zero-order valence-corrected chi connectivity index (χ0v) is 7.89. The van der Waals surface area contributed by atoms with Gasteiger partial charge in [0.05, 0.1) is 6.54 Å². The molecule has 1 aliphatic carbocycles. The molecule has 3 amide bonds. The smallest absolute Gasteiger partial charge is 0.314 e. The number of hydrogen-bond donors (Lipinski definition) is 3. The van der Waals surface area contributed by atoms with Gasteiger partial charge in [-0.2, -0.15) is 0 Å². The van der Waals surface area contributed by atoms with Crippen molar-refractivity contribution in [1.29, 1.82) is 0 Å². The molecular weight excluding hydrogens is 170 g/mol. The average Bonchev–Trinajstić information content (AvgIpc) is 2.77. The van der Waals surface area contributed by atoms with Crippen molar-refractivity contribution in [1.82, 2.24) is 16.0 Å². The maximum absolute atomic E-state index is 11.1. The maximum Gasteiger partial charge on any atom is 0.314 e. The fraction of sp³-hybridized carbons (Fsp3) is 0.750. The van der Waals surface area contributed by atoms with Crippen molar-refractivity contribution in [3.8, 4) is 0 Å². The molecule has 5 heteroatoms. The molecule has 1 aliphatic rings. The molecule has 1 saturated carbocycles. The molecule has 13 heavy (non-hydrogen) atoms. The largest absolute Gasteiger partial charge is 0.352 e. The summed E-state index contributed by atoms with van der Waals surface area (Å²) >= 11 is 0. The first-order valence-electron chi connectivity index (χ1n) is 4.38. The Morgan fingerprint density at radius 2 is 2.08 bits per heavy atom. The van der Waals surface area contributed by atoms with Gasteiger partial charge in [-0.05, 0) is 12.3 Å². The Labute approximate surface area is 77.3 Å². The molecule has 1 rings (SSSR count). The molecule has 0 radical (unpaired) electrons. The van der Waals surface area contributed by atoms with Gasteiger partial charge in [0.25, 0.3) is 0 Å². The molecule has 0 bridgehead atoms. The zero-order chi connectivity index (χ0) is 9.84. The lowest BCUT2D eigenvalue weighted by Crippen LogP contribution is -2.41. The standard InChI is InChI=1S/C8H15N3O2/c1-5-3-6(5)11-7(12)4-10-8(13)9-2/h5-6H,3-4H2,1-2H3,(H,11,12)(H2,9,10,13)/t5-,6-/m1/s1. The van der Waals surface area contributed by atoms with Crippen LogP contribution in [0.1, 0.15) is 13.3 Å². The predicted molar refractivity (Wildman–Crippen MR) is 48.2 cm³/mol. The molecule has 0 aromatic rings. The van der Waals surface area contributed by atoms with Gasteiger partial charge >= 0.3 is 6.03 Å². The number of urea groups is 1. The Bertz CT molecular complexity index is 217. The molecule has 0 saturated heterocycles. The fourth-order valence-electron chi connectivity index (χ4n) is 1.03. The van der Waals surface area contributed by atoms with E-state index in [4.69, 9.17) is 0 Å². The lowest BCUT2D eigenvalue weighted by Gasteiger charge is -2.04. The first-order valence-corrected chi connectivity index (χ1v) is 4.38. The number of carbonyl (C=O) groups is 2. The summed E-state index contributed by atoms with van der Waals surface area (Å²) in [4.78, 5) is 21.8. The van der Waals surface area contributed by atoms with Crippen LogP contribution >= 0.6 is 0 Å². The van der Waals surface area contributed by atoms with E-state index in [1.54, 1.807) is 0 Å². The molecule has 0 unspecified atom stereocenters. The summed E-state index contributed by atoms with van der Waals surface area (Å²) in [5.74, 6) is 0.460. The van der Waals surface area contributed by atoms with Crippen LogP contribution in [0.3, 0.4) is 0 Å². The van der Waals surface area contributed by atoms with E-state index in [0.29, 0.717) is 12.0 Å². The lowest BCUT2D eigenvalue weighted by atomic mass is 10.4. The van der Waals surface area contributed by atoms with Crippen molar-refractivity contribution in [2.45, 2.75) is 19.4 Å². The average molecular weight is 185 g/mol. The minimum absolute atomic E-state index is 0.0445. The van der Waals surface area contributed by atoms with Gasteiger partial charge in [-0.25, -0.2) is 4.79 Å². The summed E-state index contributed by atoms with van der Waals surface area (Å²) in [6.07, 6.45) is 1.05. The number of rotatable bonds is 3. The van der Waals surface area contributed by atoms with E-state index in [1.165, 1.54) is 7.05 Å². The minimum Gasteiger partial charge on any atom is -0.352 e. The highest BCUT2D eigenvalue weighted by Crippen LogP contribution is 2.28. The summed E-state index contributed by atoms with van der Waals surface area (Å²) in [7, 11) is 1.51. The normalized spacial score (nSPS) is 24.8. The molecule has 0 spiro atoms. The van der Waals surface area contributed by atoms with Gasteiger partial charge in [0.1, 0.15) is 0 Å². The van der Waals surface area contributed by atoms with Crippen molar-refractivity contribution >= 4 is 11.9 Å². The summed E-state index contributed by atoms with van der Waals surface area (Å²) in [5.41, 5.74) is 0. The van der Waals surface area contributed by atoms with Crippen LogP contribution in [0.4, 0.5) is 4.79 Å². The molecule has 0 aromatic heterocycles. The Morgan fingerprint density at radius 1 is 1.46 bits per heavy atom. The highest BCUT2D eigenvalue weighted by molar-refractivity contribution is 5.84. The van der Waals surface area contributed by atoms with Crippen molar-refractivity contribution in [2.24, 2.45) is 5.92 Å². The van der Waals surface area contributed by atoms with Crippen LogP contribution in [0, 0.1) is 5.92 Å². The summed E-state index contributed by atoms with van der Waals surface area (Å²) < 4.78 is 0. The predicted octanol–water partition coefficient (Wildman–Crippen LogP) is -0.560. The molecule has 5 nitrogen and oxygen atoms in total. The van der Waals surface area contributed by atoms with E-state index in [1.807, 2.05) is 0 Å². The van der Waals surface area contributed by atoms with Crippen molar-refractivity contribution in [3.05, 3.63) is 0 Å². The molecule has 1 fully saturated rings. The van der Waals surface area contributed by atoms with Gasteiger partial charge in [0.2, 0.25) is 5.91 Å². The van der Waals surface area contributed by atoms with E-state index in [0.717, 1.165) is 6.42 Å².